The molecule has 0 saturated carbocycles. The highest BCUT2D eigenvalue weighted by atomic mass is 35.5. The molecule has 14 heavy (non-hydrogen) atoms. The smallest absolute Gasteiger partial charge is 0.149 e. The van der Waals surface area contributed by atoms with E-state index in [9.17, 15) is 0 Å². The van der Waals surface area contributed by atoms with Crippen molar-refractivity contribution >= 4 is 17.4 Å². The Balaban J connectivity index is 2.14. The van der Waals surface area contributed by atoms with Crippen LogP contribution in [0.1, 0.15) is 6.92 Å². The number of piperazine rings is 1. The van der Waals surface area contributed by atoms with Crippen LogP contribution in [0.2, 0.25) is 5.15 Å². The van der Waals surface area contributed by atoms with Gasteiger partial charge in [0, 0.05) is 25.7 Å². The van der Waals surface area contributed by atoms with Crippen molar-refractivity contribution in [3.8, 4) is 0 Å². The molecule has 0 bridgehead atoms. The van der Waals surface area contributed by atoms with Gasteiger partial charge in [0.05, 0.1) is 12.4 Å². The molecule has 76 valence electrons. The number of hydrogen-bond donors (Lipinski definition) is 1. The Morgan fingerprint density at radius 3 is 3.14 bits per heavy atom. The van der Waals surface area contributed by atoms with E-state index in [2.05, 4.69) is 27.1 Å². The molecular weight excluding hydrogens is 200 g/mol. The van der Waals surface area contributed by atoms with Crippen molar-refractivity contribution < 1.29 is 0 Å². The monoisotopic (exact) mass is 212 g/mol. The Morgan fingerprint density at radius 1 is 1.57 bits per heavy atom. The van der Waals surface area contributed by atoms with Crippen LogP contribution < -0.4 is 10.2 Å². The summed E-state index contributed by atoms with van der Waals surface area (Å²) in [7, 11) is 0. The molecule has 1 N–H and O–H groups in total. The van der Waals surface area contributed by atoms with Crippen LogP contribution in [0.25, 0.3) is 0 Å². The summed E-state index contributed by atoms with van der Waals surface area (Å²) in [6.45, 7) is 5.05. The van der Waals surface area contributed by atoms with Gasteiger partial charge in [0.2, 0.25) is 0 Å². The molecule has 1 fully saturated rings. The van der Waals surface area contributed by atoms with E-state index >= 15 is 0 Å². The van der Waals surface area contributed by atoms with E-state index in [4.69, 9.17) is 11.6 Å². The highest BCUT2D eigenvalue weighted by Gasteiger charge is 2.16. The third-order valence-electron chi connectivity index (χ3n) is 2.29. The van der Waals surface area contributed by atoms with Gasteiger partial charge in [0.1, 0.15) is 11.0 Å². The third-order valence-corrected chi connectivity index (χ3v) is 2.47. The molecule has 0 amide bonds. The first-order chi connectivity index (χ1) is 6.75. The number of nitrogens with one attached hydrogen (secondary N) is 1. The Bertz CT molecular complexity index is 317. The maximum atomic E-state index is 5.78. The van der Waals surface area contributed by atoms with E-state index in [1.165, 1.54) is 0 Å². The lowest BCUT2D eigenvalue weighted by atomic mass is 10.2. The molecular formula is C9H13ClN4. The molecule has 1 aliphatic rings. The number of anilines is 1. The quantitative estimate of drug-likeness (QED) is 0.752. The lowest BCUT2D eigenvalue weighted by molar-refractivity contribution is 0.482. The fourth-order valence-electron chi connectivity index (χ4n) is 1.63. The molecule has 1 unspecified atom stereocenters. The zero-order valence-electron chi connectivity index (χ0n) is 8.07. The zero-order valence-corrected chi connectivity index (χ0v) is 8.83. The van der Waals surface area contributed by atoms with Crippen molar-refractivity contribution in [2.24, 2.45) is 0 Å². The molecule has 0 aromatic carbocycles. The van der Waals surface area contributed by atoms with Gasteiger partial charge in [-0.1, -0.05) is 11.6 Å². The molecule has 1 aliphatic heterocycles. The Kier molecular flexibility index (Phi) is 2.84. The summed E-state index contributed by atoms with van der Waals surface area (Å²) in [5.41, 5.74) is 0. The minimum Gasteiger partial charge on any atom is -0.352 e. The average Bonchev–Trinajstić information content (AvgIpc) is 2.18. The van der Waals surface area contributed by atoms with E-state index in [1.807, 2.05) is 0 Å². The fourth-order valence-corrected chi connectivity index (χ4v) is 1.77. The van der Waals surface area contributed by atoms with E-state index < -0.39 is 0 Å². The Hall–Kier alpha value is -0.870. The minimum absolute atomic E-state index is 0.452. The maximum absolute atomic E-state index is 5.78. The topological polar surface area (TPSA) is 41.1 Å². The Labute approximate surface area is 88.3 Å². The highest BCUT2D eigenvalue weighted by molar-refractivity contribution is 6.29. The molecule has 0 spiro atoms. The van der Waals surface area contributed by atoms with Crippen molar-refractivity contribution in [1.82, 2.24) is 15.3 Å². The summed E-state index contributed by atoms with van der Waals surface area (Å²) in [5.74, 6) is 0.867. The fraction of sp³-hybridized carbons (Fsp3) is 0.556. The molecule has 2 rings (SSSR count). The predicted molar refractivity (Wildman–Crippen MR) is 56.7 cm³/mol. The maximum Gasteiger partial charge on any atom is 0.149 e. The molecule has 5 heteroatoms. The van der Waals surface area contributed by atoms with Gasteiger partial charge in [0.15, 0.2) is 0 Å². The van der Waals surface area contributed by atoms with Crippen LogP contribution in [0.5, 0.6) is 0 Å². The molecule has 1 aromatic rings. The second kappa shape index (κ2) is 4.11. The van der Waals surface area contributed by atoms with Crippen LogP contribution >= 0.6 is 11.6 Å². The van der Waals surface area contributed by atoms with Gasteiger partial charge in [-0.15, -0.1) is 0 Å². The van der Waals surface area contributed by atoms with Gasteiger partial charge in [-0.25, -0.2) is 4.98 Å². The van der Waals surface area contributed by atoms with Crippen LogP contribution in [0, 0.1) is 0 Å². The van der Waals surface area contributed by atoms with Crippen LogP contribution in [-0.2, 0) is 0 Å². The van der Waals surface area contributed by atoms with E-state index in [0.717, 1.165) is 25.5 Å². The largest absolute Gasteiger partial charge is 0.352 e. The lowest BCUT2D eigenvalue weighted by Crippen LogP contribution is -2.49. The minimum atomic E-state index is 0.452. The summed E-state index contributed by atoms with van der Waals surface area (Å²) in [4.78, 5) is 10.5. The average molecular weight is 213 g/mol. The lowest BCUT2D eigenvalue weighted by Gasteiger charge is -2.32. The van der Waals surface area contributed by atoms with Crippen LogP contribution in [0.15, 0.2) is 12.4 Å². The molecule has 0 radical (unpaired) electrons. The molecule has 2 heterocycles. The molecule has 1 atom stereocenters. The number of hydrogen-bond acceptors (Lipinski definition) is 4. The van der Waals surface area contributed by atoms with Gasteiger partial charge in [-0.3, -0.25) is 4.98 Å². The van der Waals surface area contributed by atoms with Gasteiger partial charge >= 0.3 is 0 Å². The summed E-state index contributed by atoms with van der Waals surface area (Å²) < 4.78 is 0. The Morgan fingerprint density at radius 2 is 2.43 bits per heavy atom. The van der Waals surface area contributed by atoms with Crippen molar-refractivity contribution in [2.45, 2.75) is 13.0 Å². The predicted octanol–water partition coefficient (Wildman–Crippen LogP) is 0.928. The van der Waals surface area contributed by atoms with Crippen molar-refractivity contribution in [3.05, 3.63) is 17.5 Å². The number of aromatic nitrogens is 2. The summed E-state index contributed by atoms with van der Waals surface area (Å²) in [6, 6.07) is 0.490. The van der Waals surface area contributed by atoms with E-state index in [-0.39, 0.29) is 0 Å². The van der Waals surface area contributed by atoms with Crippen molar-refractivity contribution in [1.29, 1.82) is 0 Å². The second-order valence-corrected chi connectivity index (χ2v) is 3.89. The van der Waals surface area contributed by atoms with E-state index in [1.54, 1.807) is 12.4 Å². The van der Waals surface area contributed by atoms with E-state index in [0.29, 0.717) is 11.2 Å². The molecule has 1 aromatic heterocycles. The number of rotatable bonds is 1. The first kappa shape index (κ1) is 9.68. The first-order valence-electron chi connectivity index (χ1n) is 4.71. The van der Waals surface area contributed by atoms with Crippen LogP contribution in [-0.4, -0.2) is 35.6 Å². The number of halogens is 1. The van der Waals surface area contributed by atoms with Crippen LogP contribution in [0.3, 0.4) is 0 Å². The molecule has 4 nitrogen and oxygen atoms in total. The van der Waals surface area contributed by atoms with Gasteiger partial charge < -0.3 is 10.2 Å². The molecule has 0 aliphatic carbocycles. The van der Waals surface area contributed by atoms with Crippen LogP contribution in [0.4, 0.5) is 5.82 Å². The zero-order chi connectivity index (χ0) is 9.97. The second-order valence-electron chi connectivity index (χ2n) is 3.50. The first-order valence-corrected chi connectivity index (χ1v) is 5.09. The van der Waals surface area contributed by atoms with Crippen molar-refractivity contribution in [3.63, 3.8) is 0 Å². The SMILES string of the molecule is CC1CN(c2cncc(Cl)n2)CCN1. The normalized spacial score (nSPS) is 22.4. The summed E-state index contributed by atoms with van der Waals surface area (Å²) >= 11 is 5.78. The summed E-state index contributed by atoms with van der Waals surface area (Å²) in [5, 5.41) is 3.83. The number of nitrogens with zero attached hydrogens (tertiary/aromatic N) is 3. The summed E-state index contributed by atoms with van der Waals surface area (Å²) in [6.07, 6.45) is 3.31. The van der Waals surface area contributed by atoms with Gasteiger partial charge in [-0.05, 0) is 6.92 Å². The van der Waals surface area contributed by atoms with Crippen molar-refractivity contribution in [2.75, 3.05) is 24.5 Å². The highest BCUT2D eigenvalue weighted by Crippen LogP contribution is 2.13. The molecule has 1 saturated heterocycles. The third kappa shape index (κ3) is 2.13. The standard InChI is InChI=1S/C9H13ClN4/c1-7-6-14(3-2-12-7)9-5-11-4-8(10)13-9/h4-5,7,12H,2-3,6H2,1H3. The van der Waals surface area contributed by atoms with Gasteiger partial charge in [-0.2, -0.15) is 0 Å². The van der Waals surface area contributed by atoms with Gasteiger partial charge in [0.25, 0.3) is 0 Å².